The first kappa shape index (κ1) is 32.5. The van der Waals surface area contributed by atoms with Crippen LogP contribution in [0.2, 0.25) is 0 Å². The Balaban J connectivity index is 1.71. The Morgan fingerprint density at radius 2 is 1.60 bits per heavy atom. The average Bonchev–Trinajstić information content (AvgIpc) is 2.99. The zero-order chi connectivity index (χ0) is 31.2. The molecule has 0 bridgehead atoms. The Kier molecular flexibility index (Phi) is 10.5. The number of anilines is 1. The first-order chi connectivity index (χ1) is 20.4. The minimum absolute atomic E-state index is 0.0200. The third-order valence-electron chi connectivity index (χ3n) is 7.46. The highest BCUT2D eigenvalue weighted by Gasteiger charge is 2.35. The van der Waals surface area contributed by atoms with Gasteiger partial charge in [-0.25, -0.2) is 8.42 Å². The molecule has 0 radical (unpaired) electrons. The minimum Gasteiger partial charge on any atom is -0.352 e. The molecule has 230 valence electrons. The third kappa shape index (κ3) is 8.38. The number of amides is 2. The largest absolute Gasteiger partial charge is 0.416 e. The summed E-state index contributed by atoms with van der Waals surface area (Å²) in [6.45, 7) is 0.721. The second kappa shape index (κ2) is 13.9. The van der Waals surface area contributed by atoms with Crippen LogP contribution in [0.25, 0.3) is 0 Å². The van der Waals surface area contributed by atoms with E-state index in [9.17, 15) is 31.2 Å². The molecule has 0 saturated heterocycles. The Labute approximate surface area is 258 Å². The van der Waals surface area contributed by atoms with Gasteiger partial charge in [-0.05, 0) is 67.8 Å². The molecule has 3 aromatic carbocycles. The van der Waals surface area contributed by atoms with Gasteiger partial charge in [0.1, 0.15) is 12.6 Å². The zero-order valence-electron chi connectivity index (χ0n) is 23.6. The fourth-order valence-corrected chi connectivity index (χ4v) is 6.72. The molecule has 1 fully saturated rings. The third-order valence-corrected chi connectivity index (χ3v) is 9.77. The van der Waals surface area contributed by atoms with Crippen molar-refractivity contribution in [1.82, 2.24) is 10.2 Å². The van der Waals surface area contributed by atoms with E-state index in [1.807, 2.05) is 0 Å². The molecule has 0 unspecified atom stereocenters. The molecule has 4 rings (SSSR count). The lowest BCUT2D eigenvalue weighted by atomic mass is 9.95. The van der Waals surface area contributed by atoms with Crippen molar-refractivity contribution in [3.8, 4) is 0 Å². The van der Waals surface area contributed by atoms with Crippen molar-refractivity contribution in [2.75, 3.05) is 10.8 Å². The topological polar surface area (TPSA) is 86.8 Å². The molecule has 12 heteroatoms. The first-order valence-electron chi connectivity index (χ1n) is 14.0. The Morgan fingerprint density at radius 3 is 2.23 bits per heavy atom. The number of sulfonamides is 1. The summed E-state index contributed by atoms with van der Waals surface area (Å²) < 4.78 is 69.9. The molecule has 1 atom stereocenters. The molecule has 1 aliphatic carbocycles. The molecule has 2 amide bonds. The summed E-state index contributed by atoms with van der Waals surface area (Å²) in [6.07, 6.45) is 0.00272. The second-order valence-corrected chi connectivity index (χ2v) is 13.3. The predicted octanol–water partition coefficient (Wildman–Crippen LogP) is 6.53. The van der Waals surface area contributed by atoms with Crippen LogP contribution in [0.15, 0.2) is 88.2 Å². The van der Waals surface area contributed by atoms with Crippen LogP contribution in [-0.4, -0.2) is 43.8 Å². The van der Waals surface area contributed by atoms with Crippen LogP contribution in [0.5, 0.6) is 0 Å². The van der Waals surface area contributed by atoms with Crippen molar-refractivity contribution >= 4 is 43.5 Å². The van der Waals surface area contributed by atoms with Crippen LogP contribution in [0, 0.1) is 0 Å². The lowest BCUT2D eigenvalue weighted by Gasteiger charge is -2.33. The molecule has 0 heterocycles. The maximum atomic E-state index is 14.0. The predicted molar refractivity (Wildman–Crippen MR) is 162 cm³/mol. The molecule has 43 heavy (non-hydrogen) atoms. The summed E-state index contributed by atoms with van der Waals surface area (Å²) >= 11 is 3.37. The van der Waals surface area contributed by atoms with Crippen LogP contribution >= 0.6 is 15.9 Å². The molecule has 7 nitrogen and oxygen atoms in total. The molecule has 0 aliphatic heterocycles. The minimum atomic E-state index is -4.73. The summed E-state index contributed by atoms with van der Waals surface area (Å²) in [7, 11) is -4.48. The second-order valence-electron chi connectivity index (χ2n) is 10.5. The van der Waals surface area contributed by atoms with Gasteiger partial charge in [0.15, 0.2) is 0 Å². The maximum absolute atomic E-state index is 14.0. The normalized spacial score (nSPS) is 15.0. The monoisotopic (exact) mass is 679 g/mol. The Morgan fingerprint density at radius 1 is 0.953 bits per heavy atom. The molecule has 1 saturated carbocycles. The molecule has 1 aliphatic rings. The average molecular weight is 681 g/mol. The number of nitrogens with zero attached hydrogens (tertiary/aromatic N) is 2. The van der Waals surface area contributed by atoms with Crippen molar-refractivity contribution in [3.05, 3.63) is 94.5 Å². The van der Waals surface area contributed by atoms with Crippen LogP contribution in [0.4, 0.5) is 18.9 Å². The van der Waals surface area contributed by atoms with Crippen molar-refractivity contribution in [3.63, 3.8) is 0 Å². The number of carbonyl (C=O) groups is 2. The number of alkyl halides is 3. The van der Waals surface area contributed by atoms with E-state index in [1.165, 1.54) is 35.2 Å². The highest BCUT2D eigenvalue weighted by atomic mass is 79.9. The van der Waals surface area contributed by atoms with Gasteiger partial charge in [-0.2, -0.15) is 13.2 Å². The van der Waals surface area contributed by atoms with E-state index in [4.69, 9.17) is 0 Å². The van der Waals surface area contributed by atoms with E-state index in [1.54, 1.807) is 37.3 Å². The number of nitrogens with one attached hydrogen (secondary N) is 1. The van der Waals surface area contributed by atoms with Gasteiger partial charge in [-0.1, -0.05) is 71.6 Å². The molecular formula is C31H33BrF3N3O4S. The Hall–Kier alpha value is -3.38. The molecule has 3 aromatic rings. The lowest BCUT2D eigenvalue weighted by Crippen LogP contribution is -2.53. The summed E-state index contributed by atoms with van der Waals surface area (Å²) in [4.78, 5) is 28.4. The van der Waals surface area contributed by atoms with E-state index >= 15 is 0 Å². The number of rotatable bonds is 10. The molecule has 0 aromatic heterocycles. The fraction of sp³-hybridized carbons (Fsp3) is 0.355. The highest BCUT2D eigenvalue weighted by Crippen LogP contribution is 2.33. The van der Waals surface area contributed by atoms with E-state index in [0.717, 1.165) is 48.7 Å². The summed E-state index contributed by atoms with van der Waals surface area (Å²) in [5, 5.41) is 3.02. The first-order valence-corrected chi connectivity index (χ1v) is 16.2. The van der Waals surface area contributed by atoms with Gasteiger partial charge in [0.2, 0.25) is 11.8 Å². The summed E-state index contributed by atoms with van der Waals surface area (Å²) in [6, 6.07) is 17.1. The van der Waals surface area contributed by atoms with Gasteiger partial charge >= 0.3 is 6.18 Å². The fourth-order valence-electron chi connectivity index (χ4n) is 5.02. The standard InChI is InChI=1S/C31H33BrF3N3O4S/c1-22(30(40)36-26-10-4-2-5-11-26)37(20-23-15-17-25(32)18-16-23)29(39)21-38(43(41,42)28-13-6-3-7-14-28)27-12-8-9-24(19-27)31(33,34)35/h3,6-9,12-19,22,26H,2,4-5,10-11,20-21H2,1H3,(H,36,40)/t22-/m0/s1. The van der Waals surface area contributed by atoms with Gasteiger partial charge in [0.05, 0.1) is 16.1 Å². The molecule has 0 spiro atoms. The van der Waals surface area contributed by atoms with Gasteiger partial charge < -0.3 is 10.2 Å². The smallest absolute Gasteiger partial charge is 0.352 e. The van der Waals surface area contributed by atoms with E-state index in [0.29, 0.717) is 15.9 Å². The zero-order valence-corrected chi connectivity index (χ0v) is 26.0. The number of benzene rings is 3. The van der Waals surface area contributed by atoms with Crippen molar-refractivity contribution in [1.29, 1.82) is 0 Å². The van der Waals surface area contributed by atoms with Gasteiger partial charge in [-0.3, -0.25) is 13.9 Å². The van der Waals surface area contributed by atoms with Crippen LogP contribution in [-0.2, 0) is 32.3 Å². The maximum Gasteiger partial charge on any atom is 0.416 e. The van der Waals surface area contributed by atoms with E-state index in [-0.39, 0.29) is 29.1 Å². The van der Waals surface area contributed by atoms with E-state index < -0.39 is 40.3 Å². The van der Waals surface area contributed by atoms with Crippen LogP contribution in [0.1, 0.15) is 50.2 Å². The Bertz CT molecular complexity index is 1510. The van der Waals surface area contributed by atoms with Gasteiger partial charge in [0, 0.05) is 17.1 Å². The summed E-state index contributed by atoms with van der Waals surface area (Å²) in [5.41, 5.74) is -0.696. The van der Waals surface area contributed by atoms with E-state index in [2.05, 4.69) is 21.2 Å². The highest BCUT2D eigenvalue weighted by molar-refractivity contribution is 9.10. The molecule has 1 N–H and O–H groups in total. The number of hydrogen-bond acceptors (Lipinski definition) is 4. The van der Waals surface area contributed by atoms with Gasteiger partial charge in [0.25, 0.3) is 10.0 Å². The van der Waals surface area contributed by atoms with Crippen LogP contribution < -0.4 is 9.62 Å². The number of halogens is 4. The summed E-state index contributed by atoms with van der Waals surface area (Å²) in [5.74, 6) is -1.12. The molecular weight excluding hydrogens is 647 g/mol. The van der Waals surface area contributed by atoms with Crippen LogP contribution in [0.3, 0.4) is 0 Å². The SMILES string of the molecule is C[C@@H](C(=O)NC1CCCCC1)N(Cc1ccc(Br)cc1)C(=O)CN(c1cccc(C(F)(F)F)c1)S(=O)(=O)c1ccccc1. The number of carbonyl (C=O) groups excluding carboxylic acids is 2. The quantitative estimate of drug-likeness (QED) is 0.264. The van der Waals surface area contributed by atoms with Crippen molar-refractivity contribution in [2.45, 2.75) is 68.7 Å². The van der Waals surface area contributed by atoms with Crippen molar-refractivity contribution in [2.24, 2.45) is 0 Å². The van der Waals surface area contributed by atoms with Gasteiger partial charge in [-0.15, -0.1) is 0 Å². The lowest BCUT2D eigenvalue weighted by molar-refractivity contribution is -0.139. The number of hydrogen-bond donors (Lipinski definition) is 1. The van der Waals surface area contributed by atoms with Crippen molar-refractivity contribution < 1.29 is 31.2 Å².